The molecule has 0 aliphatic heterocycles. The van der Waals surface area contributed by atoms with Gasteiger partial charge < -0.3 is 9.26 Å². The zero-order valence-corrected chi connectivity index (χ0v) is 15.7. The molecule has 2 bridgehead atoms. The molecule has 0 saturated heterocycles. The fraction of sp³-hybridized carbons (Fsp3) is 0.500. The zero-order valence-electron chi connectivity index (χ0n) is 13.5. The number of ether oxygens (including phenoxy) is 1. The van der Waals surface area contributed by atoms with E-state index in [1.807, 2.05) is 12.1 Å². The van der Waals surface area contributed by atoms with Crippen LogP contribution in [-0.2, 0) is 10.2 Å². The third kappa shape index (κ3) is 2.64. The Hall–Kier alpha value is -1.44. The first-order valence-electron chi connectivity index (χ1n) is 8.26. The van der Waals surface area contributed by atoms with Gasteiger partial charge in [0.1, 0.15) is 0 Å². The number of hydrogen-bond acceptors (Lipinski definition) is 5. The average Bonchev–Trinajstić information content (AvgIpc) is 3.13. The highest BCUT2D eigenvalue weighted by Gasteiger charge is 2.50. The quantitative estimate of drug-likeness (QED) is 0.406. The fourth-order valence-corrected chi connectivity index (χ4v) is 4.71. The van der Waals surface area contributed by atoms with Crippen LogP contribution in [0.5, 0.6) is 0 Å². The van der Waals surface area contributed by atoms with Crippen molar-refractivity contribution in [3.05, 3.63) is 35.7 Å². The van der Waals surface area contributed by atoms with E-state index in [0.717, 1.165) is 30.7 Å². The highest BCUT2D eigenvalue weighted by atomic mass is 127. The second-order valence-corrected chi connectivity index (χ2v) is 9.21. The summed E-state index contributed by atoms with van der Waals surface area (Å²) >= 11 is 2.64. The third-order valence-corrected chi connectivity index (χ3v) is 7.23. The number of fused-ring (bicyclic) bond motifs is 3. The van der Waals surface area contributed by atoms with Crippen LogP contribution in [0.2, 0.25) is 0 Å². The summed E-state index contributed by atoms with van der Waals surface area (Å²) in [5, 5.41) is 4.30. The SMILES string of the molecule is COC(=O)c1ccc(-c2nc(C34CCC(I)(CC3)CC4)no2)cc1. The van der Waals surface area contributed by atoms with Gasteiger partial charge in [-0.2, -0.15) is 4.98 Å². The van der Waals surface area contributed by atoms with Gasteiger partial charge in [0.25, 0.3) is 5.89 Å². The highest BCUT2D eigenvalue weighted by molar-refractivity contribution is 14.1. The number of methoxy groups -OCH3 is 1. The van der Waals surface area contributed by atoms with Crippen molar-refractivity contribution in [2.75, 3.05) is 7.11 Å². The number of halogens is 1. The maximum absolute atomic E-state index is 11.5. The minimum Gasteiger partial charge on any atom is -0.465 e. The standard InChI is InChI=1S/C18H19IN2O3/c1-23-15(22)13-4-2-12(3-5-13)14-20-16(21-24-14)17-6-9-18(19,10-7-17)11-8-17/h2-5H,6-11H2,1H3. The van der Waals surface area contributed by atoms with E-state index in [9.17, 15) is 4.79 Å². The lowest BCUT2D eigenvalue weighted by molar-refractivity contribution is 0.0600. The van der Waals surface area contributed by atoms with E-state index in [4.69, 9.17) is 14.2 Å². The van der Waals surface area contributed by atoms with Crippen LogP contribution in [0.4, 0.5) is 0 Å². The molecule has 0 atom stereocenters. The molecule has 0 N–H and O–H groups in total. The van der Waals surface area contributed by atoms with Gasteiger partial charge in [0.05, 0.1) is 12.7 Å². The minimum absolute atomic E-state index is 0.0978. The number of nitrogens with zero attached hydrogens (tertiary/aromatic N) is 2. The molecule has 3 saturated carbocycles. The fourth-order valence-electron chi connectivity index (χ4n) is 3.90. The minimum atomic E-state index is -0.349. The van der Waals surface area contributed by atoms with Crippen LogP contribution < -0.4 is 0 Å². The lowest BCUT2D eigenvalue weighted by Crippen LogP contribution is -2.45. The summed E-state index contributed by atoms with van der Waals surface area (Å²) in [7, 11) is 1.37. The second kappa shape index (κ2) is 5.82. The first-order valence-corrected chi connectivity index (χ1v) is 9.33. The molecular weight excluding hydrogens is 419 g/mol. The van der Waals surface area contributed by atoms with Crippen molar-refractivity contribution >= 4 is 28.6 Å². The largest absolute Gasteiger partial charge is 0.465 e. The topological polar surface area (TPSA) is 65.2 Å². The molecule has 5 rings (SSSR count). The van der Waals surface area contributed by atoms with E-state index < -0.39 is 0 Å². The monoisotopic (exact) mass is 438 g/mol. The number of carbonyl (C=O) groups is 1. The zero-order chi connectivity index (χ0) is 16.8. The molecule has 2 aromatic rings. The molecule has 126 valence electrons. The number of carbonyl (C=O) groups excluding carboxylic acids is 1. The van der Waals surface area contributed by atoms with Gasteiger partial charge >= 0.3 is 5.97 Å². The molecule has 0 radical (unpaired) electrons. The van der Waals surface area contributed by atoms with Crippen molar-refractivity contribution in [2.24, 2.45) is 0 Å². The maximum atomic E-state index is 11.5. The summed E-state index contributed by atoms with van der Waals surface area (Å²) < 4.78 is 10.7. The molecule has 24 heavy (non-hydrogen) atoms. The number of aromatic nitrogens is 2. The molecule has 5 nitrogen and oxygen atoms in total. The first-order chi connectivity index (χ1) is 11.5. The van der Waals surface area contributed by atoms with Crippen LogP contribution in [-0.4, -0.2) is 26.6 Å². The predicted octanol–water partition coefficient (Wildman–Crippen LogP) is 4.30. The molecule has 6 heteroatoms. The van der Waals surface area contributed by atoms with Crippen LogP contribution >= 0.6 is 22.6 Å². The summed E-state index contributed by atoms with van der Waals surface area (Å²) in [5.74, 6) is 1.03. The van der Waals surface area contributed by atoms with E-state index in [1.165, 1.54) is 26.4 Å². The highest BCUT2D eigenvalue weighted by Crippen LogP contribution is 2.56. The Labute approximate surface area is 154 Å². The molecule has 1 heterocycles. The van der Waals surface area contributed by atoms with Crippen LogP contribution in [0.25, 0.3) is 11.5 Å². The van der Waals surface area contributed by atoms with Crippen LogP contribution in [0.1, 0.15) is 54.7 Å². The normalized spacial score (nSPS) is 28.8. The van der Waals surface area contributed by atoms with Gasteiger partial charge in [0.15, 0.2) is 5.82 Å². The average molecular weight is 438 g/mol. The Kier molecular flexibility index (Phi) is 3.89. The van der Waals surface area contributed by atoms with Crippen molar-refractivity contribution in [3.8, 4) is 11.5 Å². The molecular formula is C18H19IN2O3. The number of esters is 1. The van der Waals surface area contributed by atoms with Crippen LogP contribution in [0, 0.1) is 0 Å². The lowest BCUT2D eigenvalue weighted by atomic mass is 9.60. The molecule has 3 aliphatic rings. The molecule has 0 spiro atoms. The number of benzene rings is 1. The van der Waals surface area contributed by atoms with Crippen LogP contribution in [0.3, 0.4) is 0 Å². The van der Waals surface area contributed by atoms with Gasteiger partial charge in [-0.25, -0.2) is 4.79 Å². The van der Waals surface area contributed by atoms with Crippen LogP contribution in [0.15, 0.2) is 28.8 Å². The van der Waals surface area contributed by atoms with Crippen molar-refractivity contribution < 1.29 is 14.1 Å². The summed E-state index contributed by atoms with van der Waals surface area (Å²) in [6.07, 6.45) is 7.17. The Balaban J connectivity index is 1.58. The van der Waals surface area contributed by atoms with Gasteiger partial charge in [-0.05, 0) is 62.8 Å². The van der Waals surface area contributed by atoms with E-state index in [2.05, 4.69) is 27.7 Å². The van der Waals surface area contributed by atoms with Crippen molar-refractivity contribution in [3.63, 3.8) is 0 Å². The number of alkyl halides is 1. The molecule has 3 aliphatic carbocycles. The smallest absolute Gasteiger partial charge is 0.337 e. The van der Waals surface area contributed by atoms with Crippen molar-refractivity contribution in [1.82, 2.24) is 10.1 Å². The second-order valence-electron chi connectivity index (χ2n) is 6.92. The van der Waals surface area contributed by atoms with Crippen molar-refractivity contribution in [2.45, 2.75) is 47.4 Å². The Morgan fingerprint density at radius 2 is 1.75 bits per heavy atom. The van der Waals surface area contributed by atoms with Gasteiger partial charge in [0, 0.05) is 14.4 Å². The molecule has 1 aromatic heterocycles. The Morgan fingerprint density at radius 3 is 2.33 bits per heavy atom. The predicted molar refractivity (Wildman–Crippen MR) is 97.2 cm³/mol. The Morgan fingerprint density at radius 1 is 1.12 bits per heavy atom. The Bertz CT molecular complexity index is 744. The molecule has 3 fully saturated rings. The van der Waals surface area contributed by atoms with Gasteiger partial charge in [-0.15, -0.1) is 0 Å². The summed E-state index contributed by atoms with van der Waals surface area (Å²) in [6.45, 7) is 0. The lowest BCUT2D eigenvalue weighted by Gasteiger charge is -2.49. The first kappa shape index (κ1) is 16.1. The maximum Gasteiger partial charge on any atom is 0.337 e. The van der Waals surface area contributed by atoms with Gasteiger partial charge in [-0.1, -0.05) is 27.7 Å². The molecule has 0 unspecified atom stereocenters. The van der Waals surface area contributed by atoms with Gasteiger partial charge in [-0.3, -0.25) is 0 Å². The molecule has 0 amide bonds. The number of hydrogen-bond donors (Lipinski definition) is 0. The van der Waals surface area contributed by atoms with E-state index in [-0.39, 0.29) is 11.4 Å². The summed E-state index contributed by atoms with van der Waals surface area (Å²) in [6, 6.07) is 7.07. The van der Waals surface area contributed by atoms with E-state index in [0.29, 0.717) is 14.9 Å². The summed E-state index contributed by atoms with van der Waals surface area (Å²) in [4.78, 5) is 16.2. The third-order valence-electron chi connectivity index (χ3n) is 5.61. The van der Waals surface area contributed by atoms with Crippen molar-refractivity contribution in [1.29, 1.82) is 0 Å². The summed E-state index contributed by atoms with van der Waals surface area (Å²) in [5.41, 5.74) is 1.44. The van der Waals surface area contributed by atoms with Gasteiger partial charge in [0.2, 0.25) is 0 Å². The number of rotatable bonds is 3. The molecule has 1 aromatic carbocycles. The van der Waals surface area contributed by atoms with E-state index in [1.54, 1.807) is 12.1 Å². The van der Waals surface area contributed by atoms with E-state index >= 15 is 0 Å².